The molecule has 0 aliphatic heterocycles. The highest BCUT2D eigenvalue weighted by Crippen LogP contribution is 2.58. The molecule has 4 heteroatoms. The minimum atomic E-state index is -0.0294. The summed E-state index contributed by atoms with van der Waals surface area (Å²) in [4.78, 5) is 0. The van der Waals surface area contributed by atoms with Crippen molar-refractivity contribution in [3.63, 3.8) is 0 Å². The molecule has 2 rings (SSSR count). The van der Waals surface area contributed by atoms with Gasteiger partial charge in [0, 0.05) is 12.0 Å². The molecular weight excluding hydrogens is 190 g/mol. The lowest BCUT2D eigenvalue weighted by Gasteiger charge is -2.13. The fourth-order valence-corrected chi connectivity index (χ4v) is 2.15. The average Bonchev–Trinajstić information content (AvgIpc) is 2.64. The molecular formula is C11H19N3O. The van der Waals surface area contributed by atoms with Crippen LogP contribution in [0.4, 0.5) is 0 Å². The maximum absolute atomic E-state index is 9.19. The minimum absolute atomic E-state index is 0.0294. The monoisotopic (exact) mass is 209 g/mol. The lowest BCUT2D eigenvalue weighted by molar-refractivity contribution is 0.261. The van der Waals surface area contributed by atoms with Crippen molar-refractivity contribution in [2.45, 2.75) is 52.7 Å². The predicted molar refractivity (Wildman–Crippen MR) is 57.5 cm³/mol. The van der Waals surface area contributed by atoms with Crippen LogP contribution in [0.5, 0.6) is 0 Å². The molecule has 1 N–H and O–H groups in total. The molecule has 0 bridgehead atoms. The van der Waals surface area contributed by atoms with Gasteiger partial charge in [-0.15, -0.1) is 10.2 Å². The third kappa shape index (κ3) is 1.67. The van der Waals surface area contributed by atoms with Crippen LogP contribution in [0.2, 0.25) is 0 Å². The Morgan fingerprint density at radius 1 is 1.47 bits per heavy atom. The fourth-order valence-electron chi connectivity index (χ4n) is 2.15. The zero-order chi connectivity index (χ0) is 11.2. The van der Waals surface area contributed by atoms with E-state index in [0.717, 1.165) is 5.82 Å². The van der Waals surface area contributed by atoms with Crippen molar-refractivity contribution in [2.75, 3.05) is 0 Å². The number of aromatic nitrogens is 3. The highest BCUT2D eigenvalue weighted by Gasteiger charge is 2.49. The van der Waals surface area contributed by atoms with Gasteiger partial charge in [-0.2, -0.15) is 0 Å². The molecule has 1 atom stereocenters. The molecule has 1 heterocycles. The molecule has 15 heavy (non-hydrogen) atoms. The first-order valence-corrected chi connectivity index (χ1v) is 5.52. The molecule has 1 fully saturated rings. The van der Waals surface area contributed by atoms with Crippen molar-refractivity contribution in [1.82, 2.24) is 14.8 Å². The first-order chi connectivity index (χ1) is 6.97. The van der Waals surface area contributed by atoms with Crippen LogP contribution in [0.3, 0.4) is 0 Å². The Hall–Kier alpha value is -0.900. The zero-order valence-corrected chi connectivity index (χ0v) is 9.86. The van der Waals surface area contributed by atoms with E-state index in [2.05, 4.69) is 42.5 Å². The molecule has 0 amide bonds. The number of hydrogen-bond donors (Lipinski definition) is 1. The number of rotatable bonds is 3. The summed E-state index contributed by atoms with van der Waals surface area (Å²) in [5.74, 6) is 2.23. The second-order valence-corrected chi connectivity index (χ2v) is 5.34. The van der Waals surface area contributed by atoms with E-state index in [-0.39, 0.29) is 6.61 Å². The summed E-state index contributed by atoms with van der Waals surface area (Å²) in [5.41, 5.74) is 0.354. The Balaban J connectivity index is 2.36. The molecule has 4 nitrogen and oxygen atoms in total. The molecule has 0 spiro atoms. The SMILES string of the molecule is CC(C)n1c(CO)nnc1C1CC1(C)C. The van der Waals surface area contributed by atoms with Crippen molar-refractivity contribution in [3.8, 4) is 0 Å². The van der Waals surface area contributed by atoms with Crippen LogP contribution in [0.1, 0.15) is 57.7 Å². The van der Waals surface area contributed by atoms with E-state index in [1.807, 2.05) is 0 Å². The van der Waals surface area contributed by atoms with E-state index < -0.39 is 0 Å². The van der Waals surface area contributed by atoms with E-state index >= 15 is 0 Å². The summed E-state index contributed by atoms with van der Waals surface area (Å²) in [5, 5.41) is 17.5. The fraction of sp³-hybridized carbons (Fsp3) is 0.818. The van der Waals surface area contributed by atoms with Crippen LogP contribution in [0, 0.1) is 5.41 Å². The summed E-state index contributed by atoms with van der Waals surface area (Å²) >= 11 is 0. The summed E-state index contributed by atoms with van der Waals surface area (Å²) in [7, 11) is 0. The second-order valence-electron chi connectivity index (χ2n) is 5.34. The van der Waals surface area contributed by atoms with Crippen LogP contribution in [0.25, 0.3) is 0 Å². The number of aliphatic hydroxyl groups is 1. The molecule has 1 saturated carbocycles. The van der Waals surface area contributed by atoms with Crippen molar-refractivity contribution in [1.29, 1.82) is 0 Å². The van der Waals surface area contributed by atoms with Gasteiger partial charge in [0.15, 0.2) is 5.82 Å². The molecule has 1 unspecified atom stereocenters. The Bertz CT molecular complexity index is 368. The van der Waals surface area contributed by atoms with E-state index in [4.69, 9.17) is 0 Å². The van der Waals surface area contributed by atoms with Gasteiger partial charge in [-0.1, -0.05) is 13.8 Å². The highest BCUT2D eigenvalue weighted by atomic mass is 16.3. The quantitative estimate of drug-likeness (QED) is 0.826. The lowest BCUT2D eigenvalue weighted by Crippen LogP contribution is -2.10. The summed E-state index contributed by atoms with van der Waals surface area (Å²) in [6, 6.07) is 0.313. The molecule has 1 aromatic heterocycles. The minimum Gasteiger partial charge on any atom is -0.388 e. The van der Waals surface area contributed by atoms with Crippen molar-refractivity contribution >= 4 is 0 Å². The normalized spacial score (nSPS) is 23.5. The van der Waals surface area contributed by atoms with E-state index in [1.54, 1.807) is 0 Å². The molecule has 0 saturated heterocycles. The Morgan fingerprint density at radius 2 is 2.07 bits per heavy atom. The van der Waals surface area contributed by atoms with Gasteiger partial charge in [0.2, 0.25) is 0 Å². The van der Waals surface area contributed by atoms with Gasteiger partial charge < -0.3 is 9.67 Å². The van der Waals surface area contributed by atoms with Gasteiger partial charge in [-0.3, -0.25) is 0 Å². The Morgan fingerprint density at radius 3 is 2.47 bits per heavy atom. The topological polar surface area (TPSA) is 50.9 Å². The molecule has 0 radical (unpaired) electrons. The first kappa shape index (κ1) is 10.6. The maximum atomic E-state index is 9.19. The smallest absolute Gasteiger partial charge is 0.159 e. The van der Waals surface area contributed by atoms with E-state index in [9.17, 15) is 5.11 Å². The molecule has 1 aliphatic rings. The number of hydrogen-bond acceptors (Lipinski definition) is 3. The summed E-state index contributed by atoms with van der Waals surface area (Å²) < 4.78 is 2.07. The first-order valence-electron chi connectivity index (χ1n) is 5.52. The zero-order valence-electron chi connectivity index (χ0n) is 9.86. The predicted octanol–water partition coefficient (Wildman–Crippen LogP) is 1.86. The Labute approximate surface area is 90.3 Å². The van der Waals surface area contributed by atoms with Gasteiger partial charge in [-0.05, 0) is 25.7 Å². The molecule has 1 aromatic rings. The number of aliphatic hydroxyl groups excluding tert-OH is 1. The highest BCUT2D eigenvalue weighted by molar-refractivity contribution is 5.17. The summed E-state index contributed by atoms with van der Waals surface area (Å²) in [6.07, 6.45) is 1.17. The average molecular weight is 209 g/mol. The van der Waals surface area contributed by atoms with Gasteiger partial charge in [0.1, 0.15) is 12.4 Å². The lowest BCUT2D eigenvalue weighted by atomic mass is 10.1. The number of nitrogens with zero attached hydrogens (tertiary/aromatic N) is 3. The van der Waals surface area contributed by atoms with Crippen LogP contribution in [-0.2, 0) is 6.61 Å². The van der Waals surface area contributed by atoms with Crippen LogP contribution in [-0.4, -0.2) is 19.9 Å². The van der Waals surface area contributed by atoms with Crippen molar-refractivity contribution < 1.29 is 5.11 Å². The van der Waals surface area contributed by atoms with Gasteiger partial charge in [-0.25, -0.2) is 0 Å². The molecule has 1 aliphatic carbocycles. The van der Waals surface area contributed by atoms with Crippen LogP contribution in [0.15, 0.2) is 0 Å². The van der Waals surface area contributed by atoms with Gasteiger partial charge in [0.05, 0.1) is 0 Å². The third-order valence-electron chi connectivity index (χ3n) is 3.28. The van der Waals surface area contributed by atoms with Crippen molar-refractivity contribution in [3.05, 3.63) is 11.6 Å². The van der Waals surface area contributed by atoms with Gasteiger partial charge in [0.25, 0.3) is 0 Å². The molecule has 0 aromatic carbocycles. The summed E-state index contributed by atoms with van der Waals surface area (Å²) in [6.45, 7) is 8.66. The third-order valence-corrected chi connectivity index (χ3v) is 3.28. The maximum Gasteiger partial charge on any atom is 0.159 e. The molecule has 84 valence electrons. The largest absolute Gasteiger partial charge is 0.388 e. The second kappa shape index (κ2) is 3.30. The standard InChI is InChI=1S/C11H19N3O/c1-7(2)14-9(6-15)12-13-10(14)8-5-11(8,3)4/h7-8,15H,5-6H2,1-4H3. The van der Waals surface area contributed by atoms with E-state index in [1.165, 1.54) is 6.42 Å². The van der Waals surface area contributed by atoms with Crippen molar-refractivity contribution in [2.24, 2.45) is 5.41 Å². The van der Waals surface area contributed by atoms with E-state index in [0.29, 0.717) is 23.2 Å². The van der Waals surface area contributed by atoms with Gasteiger partial charge >= 0.3 is 0 Å². The van der Waals surface area contributed by atoms with Crippen LogP contribution < -0.4 is 0 Å². The Kier molecular flexibility index (Phi) is 2.34. The van der Waals surface area contributed by atoms with Crippen LogP contribution >= 0.6 is 0 Å².